The Morgan fingerprint density at radius 1 is 1.24 bits per heavy atom. The lowest BCUT2D eigenvalue weighted by molar-refractivity contribution is -0.144. The van der Waals surface area contributed by atoms with Gasteiger partial charge in [-0.15, -0.1) is 0 Å². The summed E-state index contributed by atoms with van der Waals surface area (Å²) in [5, 5.41) is 24.2. The quantitative estimate of drug-likeness (QED) is 0.212. The van der Waals surface area contributed by atoms with Gasteiger partial charge < -0.3 is 34.6 Å². The average Bonchev–Trinajstić information content (AvgIpc) is 2.96. The van der Waals surface area contributed by atoms with Crippen molar-refractivity contribution in [2.24, 2.45) is 0 Å². The molecular formula is C28H31Cl2IN2O8. The van der Waals surface area contributed by atoms with Gasteiger partial charge in [-0.2, -0.15) is 0 Å². The number of nitrogens with zero attached hydrogens (tertiary/aromatic N) is 1. The molecule has 3 atom stereocenters. The maximum absolute atomic E-state index is 13.4. The first-order chi connectivity index (χ1) is 19.6. The van der Waals surface area contributed by atoms with Gasteiger partial charge in [-0.05, 0) is 65.4 Å². The molecule has 0 heterocycles. The lowest BCUT2D eigenvalue weighted by atomic mass is 9.87. The summed E-state index contributed by atoms with van der Waals surface area (Å²) in [7, 11) is 1.42. The van der Waals surface area contributed by atoms with Crippen LogP contribution in [0.4, 0.5) is 0 Å². The van der Waals surface area contributed by atoms with E-state index in [0.717, 1.165) is 0 Å². The summed E-state index contributed by atoms with van der Waals surface area (Å²) in [6.07, 6.45) is -0.256. The second-order valence-electron chi connectivity index (χ2n) is 9.06. The highest BCUT2D eigenvalue weighted by molar-refractivity contribution is 14.1. The van der Waals surface area contributed by atoms with Crippen LogP contribution >= 0.6 is 45.8 Å². The van der Waals surface area contributed by atoms with E-state index in [1.807, 2.05) is 22.6 Å². The zero-order valence-corrected chi connectivity index (χ0v) is 26.1. The Balaban J connectivity index is 2.06. The maximum atomic E-state index is 13.4. The number of hydrogen-bond donors (Lipinski definition) is 3. The number of hydrogen-bond acceptors (Lipinski definition) is 8. The van der Waals surface area contributed by atoms with Crippen LogP contribution in [0, 0.1) is 3.57 Å². The van der Waals surface area contributed by atoms with Crippen molar-refractivity contribution in [2.75, 3.05) is 33.5 Å². The first-order valence-electron chi connectivity index (χ1n) is 12.7. The van der Waals surface area contributed by atoms with Crippen LogP contribution in [0.25, 0.3) is 0 Å². The molecule has 1 aliphatic carbocycles. The van der Waals surface area contributed by atoms with E-state index in [4.69, 9.17) is 37.4 Å². The second-order valence-corrected chi connectivity index (χ2v) is 11.1. The van der Waals surface area contributed by atoms with E-state index >= 15 is 0 Å². The molecule has 0 fully saturated rings. The molecule has 1 aliphatic rings. The molecule has 0 bridgehead atoms. The molecule has 2 aromatic carbocycles. The minimum Gasteiger partial charge on any atom is -0.493 e. The van der Waals surface area contributed by atoms with Crippen LogP contribution < -0.4 is 14.8 Å². The van der Waals surface area contributed by atoms with E-state index in [0.29, 0.717) is 37.6 Å². The van der Waals surface area contributed by atoms with E-state index in [1.165, 1.54) is 24.2 Å². The van der Waals surface area contributed by atoms with Crippen molar-refractivity contribution in [3.8, 4) is 11.5 Å². The lowest BCUT2D eigenvalue weighted by Crippen LogP contribution is -2.55. The molecule has 41 heavy (non-hydrogen) atoms. The Morgan fingerprint density at radius 3 is 2.63 bits per heavy atom. The van der Waals surface area contributed by atoms with Crippen molar-refractivity contribution in [1.82, 2.24) is 10.2 Å². The molecular weight excluding hydrogens is 690 g/mol. The third-order valence-electron chi connectivity index (χ3n) is 6.36. The molecule has 0 unspecified atom stereocenters. The third-order valence-corrected chi connectivity index (χ3v) is 7.75. The number of amides is 2. The fourth-order valence-corrected chi connectivity index (χ4v) is 5.55. The van der Waals surface area contributed by atoms with E-state index in [1.54, 1.807) is 31.2 Å². The number of ether oxygens (including phenoxy) is 3. The summed E-state index contributed by atoms with van der Waals surface area (Å²) in [6.45, 7) is 1.54. The number of aliphatic hydroxyl groups is 2. The Labute approximate surface area is 261 Å². The van der Waals surface area contributed by atoms with Crippen molar-refractivity contribution < 1.29 is 38.8 Å². The molecule has 10 nitrogen and oxygen atoms in total. The molecule has 0 aliphatic heterocycles. The highest BCUT2D eigenvalue weighted by atomic mass is 127. The number of aldehydes is 1. The van der Waals surface area contributed by atoms with Gasteiger partial charge in [0.1, 0.15) is 25.1 Å². The summed E-state index contributed by atoms with van der Waals surface area (Å²) in [5.74, 6) is -0.405. The largest absolute Gasteiger partial charge is 0.493 e. The average molecular weight is 721 g/mol. The van der Waals surface area contributed by atoms with Gasteiger partial charge >= 0.3 is 0 Å². The van der Waals surface area contributed by atoms with Gasteiger partial charge in [0.15, 0.2) is 11.5 Å². The van der Waals surface area contributed by atoms with Crippen molar-refractivity contribution >= 4 is 63.9 Å². The zero-order chi connectivity index (χ0) is 30.1. The lowest BCUT2D eigenvalue weighted by Gasteiger charge is -2.40. The van der Waals surface area contributed by atoms with Gasteiger partial charge in [0.2, 0.25) is 11.8 Å². The second kappa shape index (κ2) is 15.7. The number of nitrogens with one attached hydrogen (secondary N) is 1. The van der Waals surface area contributed by atoms with Gasteiger partial charge in [-0.1, -0.05) is 29.3 Å². The Hall–Kier alpha value is -2.42. The fraction of sp³-hybridized carbons (Fsp3) is 0.393. The predicted molar refractivity (Wildman–Crippen MR) is 162 cm³/mol. The summed E-state index contributed by atoms with van der Waals surface area (Å²) < 4.78 is 17.6. The molecule has 0 aromatic heterocycles. The standard InChI is InChI=1S/C28H31Cl2IN2O8/c1-3-40-15-25(36)33(13-17-4-5-19(29)12-20(17)30)22-10-18(28(38)32-6-7-34)11-23(26(22)37)41-27-21(31)8-16(14-35)9-24(27)39-2/h4-5,8-9,11-12,14,22-23,26,34,37H,3,6-7,10,13,15H2,1-2H3,(H,32,38)/t22-,23+,26+/m1/s1. The highest BCUT2D eigenvalue weighted by Crippen LogP contribution is 2.37. The molecule has 222 valence electrons. The van der Waals surface area contributed by atoms with Crippen LogP contribution in [0.5, 0.6) is 11.5 Å². The number of benzene rings is 2. The monoisotopic (exact) mass is 720 g/mol. The maximum Gasteiger partial charge on any atom is 0.249 e. The van der Waals surface area contributed by atoms with Crippen molar-refractivity contribution in [3.05, 3.63) is 66.7 Å². The molecule has 3 rings (SSSR count). The third kappa shape index (κ3) is 8.55. The van der Waals surface area contributed by atoms with E-state index in [9.17, 15) is 24.6 Å². The fourth-order valence-electron chi connectivity index (χ4n) is 4.33. The first-order valence-corrected chi connectivity index (χ1v) is 14.5. The smallest absolute Gasteiger partial charge is 0.249 e. The van der Waals surface area contributed by atoms with E-state index in [-0.39, 0.29) is 49.8 Å². The van der Waals surface area contributed by atoms with Crippen LogP contribution in [0.3, 0.4) is 0 Å². The van der Waals surface area contributed by atoms with Gasteiger partial charge in [-0.3, -0.25) is 14.4 Å². The molecule has 13 heteroatoms. The molecule has 0 radical (unpaired) electrons. The molecule has 0 saturated carbocycles. The minimum absolute atomic E-state index is 0.00319. The highest BCUT2D eigenvalue weighted by Gasteiger charge is 2.41. The van der Waals surface area contributed by atoms with Crippen molar-refractivity contribution in [1.29, 1.82) is 0 Å². The normalized spacial score (nSPS) is 18.3. The summed E-state index contributed by atoms with van der Waals surface area (Å²) in [4.78, 5) is 39.2. The van der Waals surface area contributed by atoms with Gasteiger partial charge in [0.25, 0.3) is 0 Å². The van der Waals surface area contributed by atoms with Gasteiger partial charge in [-0.25, -0.2) is 0 Å². The topological polar surface area (TPSA) is 135 Å². The van der Waals surface area contributed by atoms with Crippen LogP contribution in [-0.2, 0) is 20.9 Å². The first kappa shape index (κ1) is 33.1. The Morgan fingerprint density at radius 2 is 2.00 bits per heavy atom. The number of rotatable bonds is 13. The van der Waals surface area contributed by atoms with E-state index < -0.39 is 30.1 Å². The van der Waals surface area contributed by atoms with Gasteiger partial charge in [0, 0.05) is 47.3 Å². The van der Waals surface area contributed by atoms with Crippen LogP contribution in [-0.4, -0.2) is 84.9 Å². The number of aliphatic hydroxyl groups excluding tert-OH is 2. The molecule has 2 amide bonds. The van der Waals surface area contributed by atoms with E-state index in [2.05, 4.69) is 5.32 Å². The zero-order valence-electron chi connectivity index (χ0n) is 22.4. The molecule has 0 saturated heterocycles. The summed E-state index contributed by atoms with van der Waals surface area (Å²) >= 11 is 14.5. The SMILES string of the molecule is CCOCC(=O)N(Cc1ccc(Cl)cc1Cl)[C@@H]1CC(C(=O)NCCO)=C[C@H](Oc2c(I)cc(C=O)cc2OC)[C@H]1O. The number of carbonyl (C=O) groups excluding carboxylic acids is 3. The Kier molecular flexibility index (Phi) is 12.7. The number of carbonyl (C=O) groups is 3. The molecule has 2 aromatic rings. The predicted octanol–water partition coefficient (Wildman–Crippen LogP) is 3.40. The Bertz CT molecular complexity index is 1290. The van der Waals surface area contributed by atoms with Crippen LogP contribution in [0.2, 0.25) is 10.0 Å². The van der Waals surface area contributed by atoms with Crippen molar-refractivity contribution in [2.45, 2.75) is 38.1 Å². The number of halogens is 3. The van der Waals surface area contributed by atoms with Gasteiger partial charge in [0.05, 0.1) is 23.3 Å². The number of methoxy groups -OCH3 is 1. The summed E-state index contributed by atoms with van der Waals surface area (Å²) in [5.41, 5.74) is 1.19. The van der Waals surface area contributed by atoms with Crippen LogP contribution in [0.15, 0.2) is 42.0 Å². The summed E-state index contributed by atoms with van der Waals surface area (Å²) in [6, 6.07) is 7.03. The minimum atomic E-state index is -1.30. The van der Waals surface area contributed by atoms with Crippen molar-refractivity contribution in [3.63, 3.8) is 0 Å². The molecule has 3 N–H and O–H groups in total. The van der Waals surface area contributed by atoms with Crippen LogP contribution in [0.1, 0.15) is 29.3 Å². The molecule has 0 spiro atoms.